The summed E-state index contributed by atoms with van der Waals surface area (Å²) in [7, 11) is 0. The minimum absolute atomic E-state index is 0.114. The number of carbonyl (C=O) groups excluding carboxylic acids is 2. The van der Waals surface area contributed by atoms with Crippen molar-refractivity contribution in [1.82, 2.24) is 40.5 Å². The second kappa shape index (κ2) is 14.8. The van der Waals surface area contributed by atoms with Crippen molar-refractivity contribution < 1.29 is 19.8 Å². The number of hydrogen-bond acceptors (Lipinski definition) is 12. The van der Waals surface area contributed by atoms with Gasteiger partial charge < -0.3 is 32.3 Å². The minimum Gasteiger partial charge on any atom is -0.394 e. The van der Waals surface area contributed by atoms with E-state index in [4.69, 9.17) is 16.6 Å². The summed E-state index contributed by atoms with van der Waals surface area (Å²) < 4.78 is 0. The number of carbonyl (C=O) groups is 2. The van der Waals surface area contributed by atoms with Crippen molar-refractivity contribution in [3.63, 3.8) is 0 Å². The van der Waals surface area contributed by atoms with Gasteiger partial charge in [0.15, 0.2) is 11.6 Å². The Labute approximate surface area is 281 Å². The molecule has 0 aliphatic rings. The highest BCUT2D eigenvalue weighted by Crippen LogP contribution is 2.24. The van der Waals surface area contributed by atoms with Crippen LogP contribution < -0.4 is 22.1 Å². The fourth-order valence-electron chi connectivity index (χ4n) is 4.65. The highest BCUT2D eigenvalue weighted by Gasteiger charge is 2.20. The van der Waals surface area contributed by atoms with Crippen molar-refractivity contribution in [3.05, 3.63) is 96.6 Å². The van der Waals surface area contributed by atoms with Crippen LogP contribution in [0.2, 0.25) is 0 Å². The normalized spacial score (nSPS) is 11.8. The molecule has 250 valence electrons. The minimum atomic E-state index is -0.694. The third-order valence-corrected chi connectivity index (χ3v) is 7.36. The number of rotatable bonds is 8. The number of nitrogens with one attached hydrogen (secondary N) is 2. The summed E-state index contributed by atoms with van der Waals surface area (Å²) >= 11 is 0. The van der Waals surface area contributed by atoms with E-state index in [-0.39, 0.29) is 31.1 Å². The van der Waals surface area contributed by atoms with E-state index >= 15 is 0 Å². The molecule has 0 saturated heterocycles. The highest BCUT2D eigenvalue weighted by atomic mass is 16.3. The summed E-state index contributed by atoms with van der Waals surface area (Å²) in [5.74, 6) is 0.115. The molecule has 6 aromatic rings. The Morgan fingerprint density at radius 1 is 0.735 bits per heavy atom. The molecule has 0 radical (unpaired) electrons. The first-order valence-corrected chi connectivity index (χ1v) is 15.3. The Morgan fingerprint density at radius 2 is 1.22 bits per heavy atom. The van der Waals surface area contributed by atoms with E-state index in [0.717, 1.165) is 11.1 Å². The van der Waals surface area contributed by atoms with Gasteiger partial charge in [0.1, 0.15) is 23.7 Å². The number of benzene rings is 2. The second-order valence-electron chi connectivity index (χ2n) is 11.9. The van der Waals surface area contributed by atoms with Crippen LogP contribution in [0.4, 0.5) is 11.6 Å². The maximum absolute atomic E-state index is 12.4. The van der Waals surface area contributed by atoms with Gasteiger partial charge in [-0.2, -0.15) is 0 Å². The summed E-state index contributed by atoms with van der Waals surface area (Å²) in [6.45, 7) is 4.97. The Balaban J connectivity index is 0.000000191. The lowest BCUT2D eigenvalue weighted by Crippen LogP contribution is -2.46. The molecule has 0 bridgehead atoms. The van der Waals surface area contributed by atoms with E-state index in [1.807, 2.05) is 36.4 Å². The lowest BCUT2D eigenvalue weighted by atomic mass is 10.0. The average molecular weight is 661 g/mol. The molecular weight excluding hydrogens is 624 g/mol. The van der Waals surface area contributed by atoms with Crippen LogP contribution in [0.25, 0.3) is 44.6 Å². The monoisotopic (exact) mass is 660 g/mol. The van der Waals surface area contributed by atoms with Crippen LogP contribution in [0.5, 0.6) is 0 Å². The standard InChI is InChI=1S/C18H19N5O2.C17H17N5O2/c1-18(2,9-24)23-17(25)12-5-3-4-11(8-12)13-6-7-14-15(22-13)16(19)21-10-20-14;1-10(8-23)21-17(24)12-4-2-3-11(7-12)13-5-6-14-15(22-13)16(18)20-9-19-14/h3-8,10,24H,9H2,1-2H3,(H,23,25)(H2,19,20,21);2-7,9-10,23H,8H2,1H3,(H,21,24)(H2,18,19,20). The Hall–Kier alpha value is -6.12. The van der Waals surface area contributed by atoms with E-state index in [1.54, 1.807) is 57.2 Å². The highest BCUT2D eigenvalue weighted by molar-refractivity contribution is 5.97. The lowest BCUT2D eigenvalue weighted by molar-refractivity contribution is 0.0868. The molecule has 0 aliphatic carbocycles. The van der Waals surface area contributed by atoms with E-state index < -0.39 is 5.54 Å². The van der Waals surface area contributed by atoms with Crippen molar-refractivity contribution in [2.75, 3.05) is 24.7 Å². The quantitative estimate of drug-likeness (QED) is 0.138. The maximum Gasteiger partial charge on any atom is 0.251 e. The number of fused-ring (bicyclic) bond motifs is 2. The first-order valence-electron chi connectivity index (χ1n) is 15.3. The van der Waals surface area contributed by atoms with E-state index in [1.165, 1.54) is 12.7 Å². The van der Waals surface area contributed by atoms with Gasteiger partial charge in [0.05, 0.1) is 41.2 Å². The summed E-state index contributed by atoms with van der Waals surface area (Å²) in [6.07, 6.45) is 2.79. The van der Waals surface area contributed by atoms with E-state index in [0.29, 0.717) is 56.2 Å². The molecule has 0 aliphatic heterocycles. The smallest absolute Gasteiger partial charge is 0.251 e. The van der Waals surface area contributed by atoms with Crippen LogP contribution in [0, 0.1) is 0 Å². The number of aliphatic hydroxyl groups is 2. The number of anilines is 2. The molecular formula is C35H36N10O4. The lowest BCUT2D eigenvalue weighted by Gasteiger charge is -2.23. The number of pyridine rings is 2. The van der Waals surface area contributed by atoms with E-state index in [9.17, 15) is 14.7 Å². The summed E-state index contributed by atoms with van der Waals surface area (Å²) in [5, 5.41) is 23.8. The third-order valence-electron chi connectivity index (χ3n) is 7.36. The fraction of sp³-hybridized carbons (Fsp3) is 0.200. The zero-order valence-corrected chi connectivity index (χ0v) is 27.1. The fourth-order valence-corrected chi connectivity index (χ4v) is 4.65. The Morgan fingerprint density at radius 3 is 1.69 bits per heavy atom. The van der Waals surface area contributed by atoms with Crippen LogP contribution in [0.1, 0.15) is 41.5 Å². The largest absolute Gasteiger partial charge is 0.394 e. The zero-order chi connectivity index (χ0) is 35.1. The maximum atomic E-state index is 12.4. The molecule has 14 heteroatoms. The Bertz CT molecular complexity index is 2140. The van der Waals surface area contributed by atoms with Crippen molar-refractivity contribution in [3.8, 4) is 22.5 Å². The number of hydrogen-bond donors (Lipinski definition) is 6. The van der Waals surface area contributed by atoms with Gasteiger partial charge in [-0.15, -0.1) is 0 Å². The average Bonchev–Trinajstić information content (AvgIpc) is 3.12. The molecule has 49 heavy (non-hydrogen) atoms. The summed E-state index contributed by atoms with van der Waals surface area (Å²) in [6, 6.07) is 21.2. The van der Waals surface area contributed by atoms with Gasteiger partial charge in [-0.05, 0) is 69.3 Å². The number of aliphatic hydroxyl groups excluding tert-OH is 2. The van der Waals surface area contributed by atoms with Gasteiger partial charge in [0.2, 0.25) is 0 Å². The van der Waals surface area contributed by atoms with Gasteiger partial charge >= 0.3 is 0 Å². The topological polar surface area (TPSA) is 228 Å². The van der Waals surface area contributed by atoms with Gasteiger partial charge in [0, 0.05) is 28.3 Å². The molecule has 8 N–H and O–H groups in total. The molecule has 1 atom stereocenters. The summed E-state index contributed by atoms with van der Waals surface area (Å²) in [5.41, 5.74) is 17.3. The van der Waals surface area contributed by atoms with Crippen LogP contribution in [0.15, 0.2) is 85.5 Å². The number of aromatic nitrogens is 6. The second-order valence-corrected chi connectivity index (χ2v) is 11.9. The van der Waals surface area contributed by atoms with Gasteiger partial charge in [0.25, 0.3) is 11.8 Å². The van der Waals surface area contributed by atoms with Crippen LogP contribution in [-0.2, 0) is 0 Å². The number of nitrogens with zero attached hydrogens (tertiary/aromatic N) is 6. The molecule has 4 heterocycles. The van der Waals surface area contributed by atoms with Crippen LogP contribution >= 0.6 is 0 Å². The first-order chi connectivity index (χ1) is 23.5. The molecule has 0 spiro atoms. The number of nitrogens with two attached hydrogens (primary N) is 2. The predicted molar refractivity (Wildman–Crippen MR) is 187 cm³/mol. The molecule has 14 nitrogen and oxygen atoms in total. The van der Waals surface area contributed by atoms with Crippen molar-refractivity contribution in [2.45, 2.75) is 32.4 Å². The number of nitrogen functional groups attached to an aromatic ring is 2. The number of amides is 2. The molecule has 2 aromatic carbocycles. The van der Waals surface area contributed by atoms with Crippen molar-refractivity contribution in [1.29, 1.82) is 0 Å². The molecule has 2 amide bonds. The van der Waals surface area contributed by atoms with Gasteiger partial charge in [-0.1, -0.05) is 24.3 Å². The zero-order valence-electron chi connectivity index (χ0n) is 27.1. The molecule has 6 rings (SSSR count). The van der Waals surface area contributed by atoms with Crippen molar-refractivity contribution >= 4 is 45.5 Å². The molecule has 0 saturated carbocycles. The Kier molecular flexibility index (Phi) is 10.3. The molecule has 1 unspecified atom stereocenters. The van der Waals surface area contributed by atoms with Crippen LogP contribution in [-0.4, -0.2) is 76.7 Å². The van der Waals surface area contributed by atoms with Gasteiger partial charge in [-0.25, -0.2) is 29.9 Å². The van der Waals surface area contributed by atoms with Crippen molar-refractivity contribution in [2.24, 2.45) is 0 Å². The third kappa shape index (κ3) is 8.25. The van der Waals surface area contributed by atoms with E-state index in [2.05, 4.69) is 40.5 Å². The molecule has 4 aromatic heterocycles. The predicted octanol–water partition coefficient (Wildman–Crippen LogP) is 3.16. The first kappa shape index (κ1) is 34.2. The SMILES string of the molecule is CC(C)(CO)NC(=O)c1cccc(-c2ccc3ncnc(N)c3n2)c1.CC(CO)NC(=O)c1cccc(-c2ccc3ncnc(N)c3n2)c1. The summed E-state index contributed by atoms with van der Waals surface area (Å²) in [4.78, 5) is 49.7. The van der Waals surface area contributed by atoms with Crippen LogP contribution in [0.3, 0.4) is 0 Å². The van der Waals surface area contributed by atoms with Gasteiger partial charge in [-0.3, -0.25) is 9.59 Å². The molecule has 0 fully saturated rings.